The summed E-state index contributed by atoms with van der Waals surface area (Å²) in [6.45, 7) is 5.16. The summed E-state index contributed by atoms with van der Waals surface area (Å²) in [4.78, 5) is 2.54. The molecule has 94 valence electrons. The Labute approximate surface area is 102 Å². The largest absolute Gasteiger partial charge is 0.313 e. The Balaban J connectivity index is 1.61. The highest BCUT2D eigenvalue weighted by Gasteiger charge is 2.32. The van der Waals surface area contributed by atoms with Crippen molar-refractivity contribution in [3.8, 4) is 0 Å². The SMILES string of the molecule is Cc1nonc1CN(CC1CCCN1)C1CC1. The first-order valence-corrected chi connectivity index (χ1v) is 6.58. The van der Waals surface area contributed by atoms with Crippen LogP contribution in [0.1, 0.15) is 37.1 Å². The van der Waals surface area contributed by atoms with Crippen molar-refractivity contribution in [3.63, 3.8) is 0 Å². The third kappa shape index (κ3) is 2.66. The molecule has 0 bridgehead atoms. The van der Waals surface area contributed by atoms with E-state index in [0.29, 0.717) is 6.04 Å². The van der Waals surface area contributed by atoms with Crippen LogP contribution < -0.4 is 5.32 Å². The molecule has 1 aromatic heterocycles. The average Bonchev–Trinajstić information content (AvgIpc) is 2.91. The predicted molar refractivity (Wildman–Crippen MR) is 63.5 cm³/mol. The van der Waals surface area contributed by atoms with E-state index in [2.05, 4.69) is 20.5 Å². The molecule has 2 heterocycles. The highest BCUT2D eigenvalue weighted by molar-refractivity contribution is 5.05. The molecule has 0 aromatic carbocycles. The molecule has 1 aliphatic carbocycles. The van der Waals surface area contributed by atoms with Crippen molar-refractivity contribution in [3.05, 3.63) is 11.4 Å². The van der Waals surface area contributed by atoms with E-state index in [-0.39, 0.29) is 0 Å². The molecular weight excluding hydrogens is 216 g/mol. The Hall–Kier alpha value is -0.940. The van der Waals surface area contributed by atoms with Crippen molar-refractivity contribution in [1.29, 1.82) is 0 Å². The highest BCUT2D eigenvalue weighted by Crippen LogP contribution is 2.29. The van der Waals surface area contributed by atoms with E-state index < -0.39 is 0 Å². The lowest BCUT2D eigenvalue weighted by Gasteiger charge is -2.24. The van der Waals surface area contributed by atoms with Gasteiger partial charge < -0.3 is 5.32 Å². The van der Waals surface area contributed by atoms with Gasteiger partial charge in [0.2, 0.25) is 0 Å². The lowest BCUT2D eigenvalue weighted by Crippen LogP contribution is -2.38. The van der Waals surface area contributed by atoms with Gasteiger partial charge in [0.15, 0.2) is 0 Å². The lowest BCUT2D eigenvalue weighted by atomic mass is 10.2. The molecule has 17 heavy (non-hydrogen) atoms. The first-order chi connectivity index (χ1) is 8.33. The predicted octanol–water partition coefficient (Wildman–Crippen LogP) is 1.09. The van der Waals surface area contributed by atoms with E-state index in [9.17, 15) is 0 Å². The number of nitrogens with one attached hydrogen (secondary N) is 1. The second-order valence-corrected chi connectivity index (χ2v) is 5.25. The summed E-state index contributed by atoms with van der Waals surface area (Å²) in [5, 5.41) is 11.4. The van der Waals surface area contributed by atoms with Crippen LogP contribution in [0, 0.1) is 6.92 Å². The average molecular weight is 236 g/mol. The van der Waals surface area contributed by atoms with Crippen molar-refractivity contribution in [1.82, 2.24) is 20.5 Å². The molecule has 1 aromatic rings. The Morgan fingerprint density at radius 3 is 2.82 bits per heavy atom. The standard InChI is InChI=1S/C12H20N4O/c1-9-12(15-17-14-9)8-16(11-4-5-11)7-10-3-2-6-13-10/h10-11,13H,2-8H2,1H3. The molecule has 1 aliphatic heterocycles. The van der Waals surface area contributed by atoms with Gasteiger partial charge in [0, 0.05) is 25.2 Å². The smallest absolute Gasteiger partial charge is 0.122 e. The van der Waals surface area contributed by atoms with Gasteiger partial charge in [0.25, 0.3) is 0 Å². The van der Waals surface area contributed by atoms with E-state index in [4.69, 9.17) is 4.63 Å². The summed E-state index contributed by atoms with van der Waals surface area (Å²) in [6, 6.07) is 1.42. The molecule has 2 fully saturated rings. The molecule has 1 saturated heterocycles. The zero-order valence-electron chi connectivity index (χ0n) is 10.4. The summed E-state index contributed by atoms with van der Waals surface area (Å²) >= 11 is 0. The fourth-order valence-corrected chi connectivity index (χ4v) is 2.56. The maximum absolute atomic E-state index is 4.77. The van der Waals surface area contributed by atoms with Gasteiger partial charge in [0.05, 0.1) is 0 Å². The topological polar surface area (TPSA) is 54.2 Å². The van der Waals surface area contributed by atoms with Crippen molar-refractivity contribution >= 4 is 0 Å². The number of rotatable bonds is 5. The van der Waals surface area contributed by atoms with E-state index >= 15 is 0 Å². The molecule has 0 amide bonds. The van der Waals surface area contributed by atoms with E-state index in [1.54, 1.807) is 0 Å². The van der Waals surface area contributed by atoms with Crippen molar-refractivity contribution in [2.24, 2.45) is 0 Å². The van der Waals surface area contributed by atoms with Crippen LogP contribution in [0.5, 0.6) is 0 Å². The van der Waals surface area contributed by atoms with Crippen LogP contribution >= 0.6 is 0 Å². The summed E-state index contributed by atoms with van der Waals surface area (Å²) < 4.78 is 4.77. The minimum absolute atomic E-state index is 0.663. The lowest BCUT2D eigenvalue weighted by molar-refractivity contribution is 0.221. The van der Waals surface area contributed by atoms with Crippen LogP contribution in [0.15, 0.2) is 4.63 Å². The fraction of sp³-hybridized carbons (Fsp3) is 0.833. The molecule has 5 heteroatoms. The normalized spacial score (nSPS) is 24.7. The van der Waals surface area contributed by atoms with E-state index in [1.165, 1.54) is 32.2 Å². The van der Waals surface area contributed by atoms with Crippen molar-refractivity contribution in [2.45, 2.75) is 51.2 Å². The molecule has 1 saturated carbocycles. The molecule has 1 unspecified atom stereocenters. The Bertz CT molecular complexity index is 368. The molecule has 3 rings (SSSR count). The van der Waals surface area contributed by atoms with E-state index in [0.717, 1.165) is 30.5 Å². The molecule has 1 N–H and O–H groups in total. The van der Waals surface area contributed by atoms with Crippen LogP contribution in [-0.4, -0.2) is 40.4 Å². The maximum atomic E-state index is 4.77. The third-order valence-corrected chi connectivity index (χ3v) is 3.78. The minimum Gasteiger partial charge on any atom is -0.313 e. The van der Waals surface area contributed by atoms with Gasteiger partial charge in [-0.2, -0.15) is 0 Å². The Morgan fingerprint density at radius 1 is 1.35 bits per heavy atom. The molecule has 0 spiro atoms. The number of aromatic nitrogens is 2. The zero-order chi connectivity index (χ0) is 11.7. The van der Waals surface area contributed by atoms with Crippen LogP contribution in [0.3, 0.4) is 0 Å². The van der Waals surface area contributed by atoms with E-state index in [1.807, 2.05) is 6.92 Å². The van der Waals surface area contributed by atoms with Gasteiger partial charge in [-0.25, -0.2) is 4.63 Å². The fourth-order valence-electron chi connectivity index (χ4n) is 2.56. The number of aryl methyl sites for hydroxylation is 1. The minimum atomic E-state index is 0.663. The van der Waals surface area contributed by atoms with Gasteiger partial charge in [0.1, 0.15) is 11.4 Å². The molecular formula is C12H20N4O. The highest BCUT2D eigenvalue weighted by atomic mass is 16.6. The van der Waals surface area contributed by atoms with Gasteiger partial charge >= 0.3 is 0 Å². The van der Waals surface area contributed by atoms with Crippen molar-refractivity contribution in [2.75, 3.05) is 13.1 Å². The van der Waals surface area contributed by atoms with Gasteiger partial charge in [-0.3, -0.25) is 4.90 Å². The number of nitrogens with zero attached hydrogens (tertiary/aromatic N) is 3. The van der Waals surface area contributed by atoms with Gasteiger partial charge in [-0.1, -0.05) is 10.3 Å². The molecule has 1 atom stereocenters. The zero-order valence-corrected chi connectivity index (χ0v) is 10.4. The van der Waals surface area contributed by atoms with Crippen LogP contribution in [0.25, 0.3) is 0 Å². The second-order valence-electron chi connectivity index (χ2n) is 5.25. The van der Waals surface area contributed by atoms with Crippen LogP contribution in [0.2, 0.25) is 0 Å². The summed E-state index contributed by atoms with van der Waals surface area (Å²) in [7, 11) is 0. The monoisotopic (exact) mass is 236 g/mol. The summed E-state index contributed by atoms with van der Waals surface area (Å²) in [5.74, 6) is 0. The molecule has 0 radical (unpaired) electrons. The van der Waals surface area contributed by atoms with Crippen LogP contribution in [-0.2, 0) is 6.54 Å². The van der Waals surface area contributed by atoms with Crippen molar-refractivity contribution < 1.29 is 4.63 Å². The number of hydrogen-bond acceptors (Lipinski definition) is 5. The van der Waals surface area contributed by atoms with Gasteiger partial charge in [-0.05, 0) is 39.2 Å². The first kappa shape index (κ1) is 11.2. The summed E-state index contributed by atoms with van der Waals surface area (Å²) in [5.41, 5.74) is 1.92. The van der Waals surface area contributed by atoms with Gasteiger partial charge in [-0.15, -0.1) is 0 Å². The Morgan fingerprint density at radius 2 is 2.24 bits per heavy atom. The molecule has 2 aliphatic rings. The Kier molecular flexibility index (Phi) is 3.11. The first-order valence-electron chi connectivity index (χ1n) is 6.58. The molecule has 5 nitrogen and oxygen atoms in total. The van der Waals surface area contributed by atoms with Crippen LogP contribution in [0.4, 0.5) is 0 Å². The number of hydrogen-bond donors (Lipinski definition) is 1. The second kappa shape index (κ2) is 4.74. The third-order valence-electron chi connectivity index (χ3n) is 3.78. The maximum Gasteiger partial charge on any atom is 0.122 e. The quantitative estimate of drug-likeness (QED) is 0.829. The summed E-state index contributed by atoms with van der Waals surface area (Å²) in [6.07, 6.45) is 5.28.